The minimum Gasteiger partial charge on any atom is -0.488 e. The molecule has 0 saturated heterocycles. The molecule has 0 aliphatic rings. The molecule has 182 valence electrons. The predicted molar refractivity (Wildman–Crippen MR) is 138 cm³/mol. The lowest BCUT2D eigenvalue weighted by Gasteiger charge is -2.09. The molecule has 0 bridgehead atoms. The van der Waals surface area contributed by atoms with Gasteiger partial charge in [-0.1, -0.05) is 58.4 Å². The van der Waals surface area contributed by atoms with Crippen LogP contribution in [-0.4, -0.2) is 34.5 Å². The fraction of sp³-hybridized carbons (Fsp3) is 0.115. The van der Waals surface area contributed by atoms with Gasteiger partial charge in [-0.3, -0.25) is 14.4 Å². The number of benzene rings is 3. The van der Waals surface area contributed by atoms with E-state index < -0.39 is 11.9 Å². The number of carboxylic acids is 2. The topological polar surface area (TPSA) is 127 Å². The molecule has 0 aromatic heterocycles. The summed E-state index contributed by atoms with van der Waals surface area (Å²) in [5, 5.41) is 17.8. The fourth-order valence-corrected chi connectivity index (χ4v) is 3.50. The van der Waals surface area contributed by atoms with Gasteiger partial charge in [-0.25, -0.2) is 0 Å². The molecule has 0 amide bonds. The van der Waals surface area contributed by atoms with E-state index in [2.05, 4.69) is 22.5 Å². The highest BCUT2D eigenvalue weighted by Crippen LogP contribution is 2.26. The maximum absolute atomic E-state index is 12.4. The lowest BCUT2D eigenvalue weighted by atomic mass is 9.98. The quantitative estimate of drug-likeness (QED) is 0.181. The van der Waals surface area contributed by atoms with Crippen molar-refractivity contribution >= 4 is 50.9 Å². The Morgan fingerprint density at radius 3 is 2.23 bits per heavy atom. The summed E-state index contributed by atoms with van der Waals surface area (Å²) in [6.45, 7) is 3.89. The second-order valence-electron chi connectivity index (χ2n) is 7.22. The third-order valence-electron chi connectivity index (χ3n) is 4.60. The van der Waals surface area contributed by atoms with Gasteiger partial charge in [0.15, 0.2) is 5.78 Å². The number of carboxylic acid groups (broad SMARTS) is 2. The van der Waals surface area contributed by atoms with Gasteiger partial charge in [0, 0.05) is 21.3 Å². The van der Waals surface area contributed by atoms with Crippen molar-refractivity contribution in [2.24, 2.45) is 0 Å². The Morgan fingerprint density at radius 2 is 1.66 bits per heavy atom. The molecule has 0 radical (unpaired) electrons. The minimum absolute atomic E-state index is 0.0402. The van der Waals surface area contributed by atoms with Crippen molar-refractivity contribution in [3.8, 4) is 5.75 Å². The first-order chi connectivity index (χ1) is 16.6. The van der Waals surface area contributed by atoms with Gasteiger partial charge in [0.25, 0.3) is 0 Å². The number of rotatable bonds is 9. The van der Waals surface area contributed by atoms with Crippen LogP contribution in [0.4, 0.5) is 5.69 Å². The molecule has 0 atom stereocenters. The normalized spacial score (nSPS) is 10.0. The van der Waals surface area contributed by atoms with Gasteiger partial charge in [0.05, 0.1) is 17.9 Å². The summed E-state index contributed by atoms with van der Waals surface area (Å²) in [5.74, 6) is -1.55. The van der Waals surface area contributed by atoms with Crippen molar-refractivity contribution in [1.82, 2.24) is 0 Å². The lowest BCUT2D eigenvalue weighted by molar-refractivity contribution is -0.137. The standard InChI is InChI=1S/C15H12BrNO3.C11H11ClO3/c16-11-6-4-9(5-7-11)15(20)12-3-1-2-10(14(12)17)8-13(18)19;1-2-5-15-10-4-3-8(6-9(10)12)7-11(13)14/h1-7H,8,17H2,(H,18,19);2-4,6H,1,5,7H2,(H,13,14). The number of ether oxygens (including phenoxy) is 1. The lowest BCUT2D eigenvalue weighted by Crippen LogP contribution is -2.10. The number of anilines is 1. The molecule has 0 aliphatic heterocycles. The number of carbonyl (C=O) groups is 3. The highest BCUT2D eigenvalue weighted by molar-refractivity contribution is 9.10. The molecule has 0 aliphatic carbocycles. The van der Waals surface area contributed by atoms with Crippen molar-refractivity contribution in [3.05, 3.63) is 105 Å². The molecule has 7 nitrogen and oxygen atoms in total. The largest absolute Gasteiger partial charge is 0.488 e. The van der Waals surface area contributed by atoms with Crippen LogP contribution in [-0.2, 0) is 22.4 Å². The average Bonchev–Trinajstić information content (AvgIpc) is 2.80. The number of para-hydroxylation sites is 1. The maximum atomic E-state index is 12.4. The summed E-state index contributed by atoms with van der Waals surface area (Å²) in [6, 6.07) is 16.7. The number of nitrogen functional groups attached to an aromatic ring is 1. The number of halogens is 2. The van der Waals surface area contributed by atoms with Crippen LogP contribution in [0.2, 0.25) is 5.02 Å². The van der Waals surface area contributed by atoms with E-state index in [1.807, 2.05) is 0 Å². The minimum atomic E-state index is -0.982. The molecule has 0 fully saturated rings. The van der Waals surface area contributed by atoms with Crippen molar-refractivity contribution in [2.45, 2.75) is 12.8 Å². The Labute approximate surface area is 215 Å². The monoisotopic (exact) mass is 559 g/mol. The van der Waals surface area contributed by atoms with E-state index in [0.29, 0.717) is 39.6 Å². The zero-order valence-corrected chi connectivity index (χ0v) is 20.9. The maximum Gasteiger partial charge on any atom is 0.307 e. The van der Waals surface area contributed by atoms with E-state index in [9.17, 15) is 14.4 Å². The van der Waals surface area contributed by atoms with Crippen molar-refractivity contribution in [1.29, 1.82) is 0 Å². The fourth-order valence-electron chi connectivity index (χ4n) is 2.98. The molecule has 0 unspecified atom stereocenters. The molecular weight excluding hydrogens is 538 g/mol. The molecule has 9 heteroatoms. The van der Waals surface area contributed by atoms with Gasteiger partial charge in [0.1, 0.15) is 12.4 Å². The molecule has 3 rings (SSSR count). The van der Waals surface area contributed by atoms with Crippen molar-refractivity contribution in [2.75, 3.05) is 12.3 Å². The van der Waals surface area contributed by atoms with Crippen LogP contribution in [0.3, 0.4) is 0 Å². The van der Waals surface area contributed by atoms with Crippen LogP contribution >= 0.6 is 27.5 Å². The number of hydrogen-bond donors (Lipinski definition) is 3. The van der Waals surface area contributed by atoms with E-state index >= 15 is 0 Å². The molecular formula is C26H23BrClNO6. The van der Waals surface area contributed by atoms with E-state index in [-0.39, 0.29) is 24.3 Å². The highest BCUT2D eigenvalue weighted by Gasteiger charge is 2.15. The van der Waals surface area contributed by atoms with E-state index in [0.717, 1.165) is 4.47 Å². The van der Waals surface area contributed by atoms with Crippen molar-refractivity contribution < 1.29 is 29.3 Å². The molecule has 0 spiro atoms. The van der Waals surface area contributed by atoms with E-state index in [1.165, 1.54) is 0 Å². The summed E-state index contributed by atoms with van der Waals surface area (Å²) >= 11 is 9.20. The highest BCUT2D eigenvalue weighted by atomic mass is 79.9. The second kappa shape index (κ2) is 13.3. The van der Waals surface area contributed by atoms with Gasteiger partial charge in [-0.2, -0.15) is 0 Å². The van der Waals surface area contributed by atoms with Gasteiger partial charge < -0.3 is 20.7 Å². The van der Waals surface area contributed by atoms with Gasteiger partial charge in [-0.15, -0.1) is 0 Å². The first kappa shape index (κ1) is 27.6. The Hall–Kier alpha value is -3.62. The van der Waals surface area contributed by atoms with Gasteiger partial charge in [0.2, 0.25) is 0 Å². The predicted octanol–water partition coefficient (Wildman–Crippen LogP) is 5.42. The Bertz CT molecular complexity index is 1230. The van der Waals surface area contributed by atoms with E-state index in [4.69, 9.17) is 32.3 Å². The smallest absolute Gasteiger partial charge is 0.307 e. The molecule has 3 aromatic rings. The second-order valence-corrected chi connectivity index (χ2v) is 8.54. The summed E-state index contributed by atoms with van der Waals surface area (Å²) in [6.07, 6.45) is 1.37. The third kappa shape index (κ3) is 8.59. The van der Waals surface area contributed by atoms with Gasteiger partial charge in [-0.05, 0) is 53.6 Å². The molecule has 3 aromatic carbocycles. The zero-order chi connectivity index (χ0) is 26.0. The van der Waals surface area contributed by atoms with E-state index in [1.54, 1.807) is 66.7 Å². The summed E-state index contributed by atoms with van der Waals surface area (Å²) < 4.78 is 6.13. The number of ketones is 1. The zero-order valence-electron chi connectivity index (χ0n) is 18.5. The molecule has 35 heavy (non-hydrogen) atoms. The number of aliphatic carboxylic acids is 2. The average molecular weight is 561 g/mol. The number of hydrogen-bond acceptors (Lipinski definition) is 5. The summed E-state index contributed by atoms with van der Waals surface area (Å²) in [5.41, 5.74) is 8.06. The summed E-state index contributed by atoms with van der Waals surface area (Å²) in [4.78, 5) is 33.6. The van der Waals surface area contributed by atoms with Crippen LogP contribution in [0.1, 0.15) is 27.0 Å². The first-order valence-corrected chi connectivity index (χ1v) is 11.4. The molecule has 4 N–H and O–H groups in total. The Morgan fingerprint density at radius 1 is 1.00 bits per heavy atom. The molecule has 0 saturated carbocycles. The van der Waals surface area contributed by atoms with Crippen LogP contribution in [0, 0.1) is 0 Å². The SMILES string of the molecule is C=CCOc1ccc(CC(=O)O)cc1Cl.Nc1c(CC(=O)O)cccc1C(=O)c1ccc(Br)cc1. The third-order valence-corrected chi connectivity index (χ3v) is 5.42. The Balaban J connectivity index is 0.000000258. The number of nitrogens with two attached hydrogens (primary N) is 1. The van der Waals surface area contributed by atoms with Crippen LogP contribution in [0.25, 0.3) is 0 Å². The van der Waals surface area contributed by atoms with Crippen LogP contribution < -0.4 is 10.5 Å². The number of carbonyl (C=O) groups excluding carboxylic acids is 1. The first-order valence-electron chi connectivity index (χ1n) is 10.3. The van der Waals surface area contributed by atoms with Crippen LogP contribution in [0.15, 0.2) is 77.8 Å². The summed E-state index contributed by atoms with van der Waals surface area (Å²) in [7, 11) is 0. The van der Waals surface area contributed by atoms with Gasteiger partial charge >= 0.3 is 11.9 Å². The Kier molecular flexibility index (Phi) is 10.5. The molecule has 0 heterocycles. The van der Waals surface area contributed by atoms with Crippen molar-refractivity contribution in [3.63, 3.8) is 0 Å². The van der Waals surface area contributed by atoms with Crippen LogP contribution in [0.5, 0.6) is 5.75 Å².